The van der Waals surface area contributed by atoms with E-state index >= 15 is 0 Å². The molecule has 0 bridgehead atoms. The van der Waals surface area contributed by atoms with Crippen LogP contribution in [0.25, 0.3) is 20.5 Å². The summed E-state index contributed by atoms with van der Waals surface area (Å²) in [5.74, 6) is 0.998. The van der Waals surface area contributed by atoms with Crippen LogP contribution in [0.1, 0.15) is 5.56 Å². The molecular weight excluding hydrogens is 274 g/mol. The Hall–Kier alpha value is -1.49. The lowest BCUT2D eigenvalue weighted by Crippen LogP contribution is -2.12. The summed E-state index contributed by atoms with van der Waals surface area (Å²) >= 11 is 3.12. The lowest BCUT2D eigenvalue weighted by atomic mass is 10.1. The summed E-state index contributed by atoms with van der Waals surface area (Å²) in [5.41, 5.74) is 2.40. The predicted octanol–water partition coefficient (Wildman–Crippen LogP) is 4.61. The third kappa shape index (κ3) is 1.92. The summed E-state index contributed by atoms with van der Waals surface area (Å²) in [6.07, 6.45) is 0. The monoisotopic (exact) mass is 285 g/mol. The van der Waals surface area contributed by atoms with E-state index in [0.717, 1.165) is 12.3 Å². The van der Waals surface area contributed by atoms with Crippen molar-refractivity contribution < 1.29 is 4.18 Å². The zero-order valence-corrected chi connectivity index (χ0v) is 11.7. The number of rotatable bonds is 1. The maximum atomic E-state index is 5.72. The molecule has 0 amide bonds. The molecule has 4 rings (SSSR count). The molecule has 3 aromatic rings. The number of hydrogen-bond donors (Lipinski definition) is 1. The summed E-state index contributed by atoms with van der Waals surface area (Å²) in [5, 5.41) is 1.29. The summed E-state index contributed by atoms with van der Waals surface area (Å²) in [7, 11) is 0. The first-order chi connectivity index (χ1) is 9.42. The van der Waals surface area contributed by atoms with Crippen LogP contribution in [0.3, 0.4) is 0 Å². The second-order valence-electron chi connectivity index (χ2n) is 4.43. The van der Waals surface area contributed by atoms with Gasteiger partial charge in [-0.3, -0.25) is 0 Å². The van der Waals surface area contributed by atoms with Crippen LogP contribution in [0.2, 0.25) is 0 Å². The Morgan fingerprint density at radius 1 is 1.05 bits per heavy atom. The normalized spacial score (nSPS) is 14.1. The molecule has 0 saturated carbocycles. The van der Waals surface area contributed by atoms with Crippen LogP contribution in [-0.2, 0) is 6.54 Å². The van der Waals surface area contributed by atoms with Gasteiger partial charge >= 0.3 is 0 Å². The van der Waals surface area contributed by atoms with Crippen molar-refractivity contribution in [1.82, 2.24) is 4.72 Å². The van der Waals surface area contributed by atoms with Crippen molar-refractivity contribution >= 4 is 33.7 Å². The van der Waals surface area contributed by atoms with Crippen LogP contribution in [-0.4, -0.2) is 0 Å². The van der Waals surface area contributed by atoms with E-state index in [9.17, 15) is 0 Å². The van der Waals surface area contributed by atoms with Crippen LogP contribution in [0, 0.1) is 0 Å². The lowest BCUT2D eigenvalue weighted by molar-refractivity contribution is 0.602. The molecule has 0 atom stereocenters. The first kappa shape index (κ1) is 11.3. The van der Waals surface area contributed by atoms with E-state index in [2.05, 4.69) is 53.3 Å². The van der Waals surface area contributed by atoms with Gasteiger partial charge in [-0.25, -0.2) is 4.72 Å². The van der Waals surface area contributed by atoms with Crippen LogP contribution < -0.4 is 8.91 Å². The van der Waals surface area contributed by atoms with Gasteiger partial charge in [-0.1, -0.05) is 30.3 Å². The Labute approximate surface area is 119 Å². The van der Waals surface area contributed by atoms with Gasteiger partial charge in [-0.05, 0) is 23.6 Å². The highest BCUT2D eigenvalue weighted by molar-refractivity contribution is 7.93. The molecule has 0 unspecified atom stereocenters. The van der Waals surface area contributed by atoms with E-state index in [4.69, 9.17) is 4.18 Å². The molecule has 0 spiro atoms. The Kier molecular flexibility index (Phi) is 2.72. The third-order valence-electron chi connectivity index (χ3n) is 3.23. The summed E-state index contributed by atoms with van der Waals surface area (Å²) in [6, 6.07) is 17.1. The summed E-state index contributed by atoms with van der Waals surface area (Å²) < 4.78 is 10.2. The highest BCUT2D eigenvalue weighted by Crippen LogP contribution is 2.41. The second kappa shape index (κ2) is 4.56. The molecule has 2 nitrogen and oxygen atoms in total. The van der Waals surface area contributed by atoms with Crippen molar-refractivity contribution in [3.63, 3.8) is 0 Å². The fourth-order valence-electron chi connectivity index (χ4n) is 2.31. The van der Waals surface area contributed by atoms with Gasteiger partial charge in [0.05, 0.1) is 0 Å². The molecule has 1 aliphatic heterocycles. The van der Waals surface area contributed by atoms with Crippen molar-refractivity contribution in [2.45, 2.75) is 6.54 Å². The zero-order valence-electron chi connectivity index (χ0n) is 10.1. The number of nitrogens with one attached hydrogen (secondary N) is 1. The number of fused-ring (bicyclic) bond motifs is 2. The molecule has 0 fully saturated rings. The van der Waals surface area contributed by atoms with E-state index in [1.54, 1.807) is 0 Å². The predicted molar refractivity (Wildman–Crippen MR) is 82.3 cm³/mol. The topological polar surface area (TPSA) is 21.3 Å². The molecule has 0 saturated heterocycles. The van der Waals surface area contributed by atoms with Crippen molar-refractivity contribution in [2.75, 3.05) is 0 Å². The Bertz CT molecular complexity index is 718. The van der Waals surface area contributed by atoms with Gasteiger partial charge in [-0.2, -0.15) is 0 Å². The number of hydrogen-bond acceptors (Lipinski definition) is 4. The van der Waals surface area contributed by atoms with Gasteiger partial charge in [0, 0.05) is 27.2 Å². The van der Waals surface area contributed by atoms with E-state index in [1.807, 2.05) is 11.3 Å². The Morgan fingerprint density at radius 3 is 2.95 bits per heavy atom. The summed E-state index contributed by atoms with van der Waals surface area (Å²) in [6.45, 7) is 0.846. The molecule has 0 aliphatic carbocycles. The van der Waals surface area contributed by atoms with E-state index in [1.165, 1.54) is 38.3 Å². The molecule has 0 radical (unpaired) electrons. The molecule has 4 heteroatoms. The van der Waals surface area contributed by atoms with E-state index < -0.39 is 0 Å². The first-order valence-corrected chi connectivity index (χ1v) is 7.65. The molecule has 1 aliphatic rings. The lowest BCUT2D eigenvalue weighted by Gasteiger charge is -2.18. The number of benzene rings is 2. The smallest absolute Gasteiger partial charge is 0.152 e. The largest absolute Gasteiger partial charge is 0.409 e. The van der Waals surface area contributed by atoms with Crippen molar-refractivity contribution in [2.24, 2.45) is 0 Å². The Balaban J connectivity index is 1.92. The number of para-hydroxylation sites is 1. The number of thiophene rings is 1. The summed E-state index contributed by atoms with van der Waals surface area (Å²) in [4.78, 5) is 1.26. The molecule has 2 aromatic carbocycles. The minimum Gasteiger partial charge on any atom is -0.409 e. The maximum Gasteiger partial charge on any atom is 0.152 e. The average molecular weight is 285 g/mol. The molecule has 1 N–H and O–H groups in total. The average Bonchev–Trinajstić information content (AvgIpc) is 2.90. The van der Waals surface area contributed by atoms with Gasteiger partial charge in [0.1, 0.15) is 12.2 Å². The fourth-order valence-corrected chi connectivity index (χ4v) is 3.95. The van der Waals surface area contributed by atoms with Gasteiger partial charge in [0.15, 0.2) is 5.75 Å². The highest BCUT2D eigenvalue weighted by atomic mass is 32.2. The van der Waals surface area contributed by atoms with E-state index in [0.29, 0.717) is 0 Å². The van der Waals surface area contributed by atoms with Gasteiger partial charge in [0.2, 0.25) is 0 Å². The van der Waals surface area contributed by atoms with Gasteiger partial charge in [-0.15, -0.1) is 11.3 Å². The van der Waals surface area contributed by atoms with Crippen LogP contribution in [0.5, 0.6) is 5.75 Å². The Morgan fingerprint density at radius 2 is 2.00 bits per heavy atom. The van der Waals surface area contributed by atoms with Crippen molar-refractivity contribution in [3.05, 3.63) is 54.1 Å². The first-order valence-electron chi connectivity index (χ1n) is 6.09. The van der Waals surface area contributed by atoms with Gasteiger partial charge in [0.25, 0.3) is 0 Å². The standard InChI is InChI=1S/C15H11NOS2/c1-2-7-13-10(4-1)8-14(18-13)12-6-3-5-11-9-16-19-17-15(11)12/h1-8,16H,9H2. The molecule has 1 aromatic heterocycles. The fraction of sp³-hybridized carbons (Fsp3) is 0.0667. The molecule has 2 heterocycles. The third-order valence-corrected chi connectivity index (χ3v) is 4.90. The minimum atomic E-state index is 0.846. The van der Waals surface area contributed by atoms with Crippen LogP contribution in [0.15, 0.2) is 48.5 Å². The highest BCUT2D eigenvalue weighted by Gasteiger charge is 2.17. The molecule has 19 heavy (non-hydrogen) atoms. The zero-order chi connectivity index (χ0) is 12.7. The van der Waals surface area contributed by atoms with Crippen LogP contribution >= 0.6 is 23.6 Å². The van der Waals surface area contributed by atoms with Crippen LogP contribution in [0.4, 0.5) is 0 Å². The van der Waals surface area contributed by atoms with E-state index in [-0.39, 0.29) is 0 Å². The minimum absolute atomic E-state index is 0.846. The SMILES string of the molecule is c1cc2c(c(-c3cc4ccccc4s3)c1)OSNC2. The van der Waals surface area contributed by atoms with Crippen molar-refractivity contribution in [1.29, 1.82) is 0 Å². The van der Waals surface area contributed by atoms with Gasteiger partial charge < -0.3 is 4.18 Å². The van der Waals surface area contributed by atoms with Crippen molar-refractivity contribution in [3.8, 4) is 16.2 Å². The molecule has 94 valence electrons. The quantitative estimate of drug-likeness (QED) is 0.521. The second-order valence-corrected chi connectivity index (χ2v) is 6.14. The molecular formula is C15H11NOS2. The maximum absolute atomic E-state index is 5.72.